The summed E-state index contributed by atoms with van der Waals surface area (Å²) in [5.41, 5.74) is 4.96. The van der Waals surface area contributed by atoms with Crippen LogP contribution in [0.15, 0.2) is 78.6 Å². The molecule has 0 saturated carbocycles. The van der Waals surface area contributed by atoms with Gasteiger partial charge >= 0.3 is 155 Å². The average Bonchev–Trinajstić information content (AvgIpc) is 3.17. The number of hydrogen-bond acceptors (Lipinski definition) is 3. The van der Waals surface area contributed by atoms with E-state index in [1.165, 1.54) is 45.3 Å². The van der Waals surface area contributed by atoms with Gasteiger partial charge in [0.1, 0.15) is 0 Å². The molecule has 1 radical (unpaired) electrons. The van der Waals surface area contributed by atoms with Crippen molar-refractivity contribution >= 4 is 30.1 Å². The molecule has 0 spiro atoms. The van der Waals surface area contributed by atoms with Gasteiger partial charge in [0, 0.05) is 26.2 Å². The Balaban J connectivity index is 0.000000423. The summed E-state index contributed by atoms with van der Waals surface area (Å²) in [5.74, 6) is -0.0625. The van der Waals surface area contributed by atoms with Crippen LogP contribution in [-0.2, 0) is 30.3 Å². The van der Waals surface area contributed by atoms with Crippen LogP contribution in [0.4, 0.5) is 0 Å². The summed E-state index contributed by atoms with van der Waals surface area (Å²) >= 11 is 0.253. The average molecular weight is 682 g/mol. The first kappa shape index (κ1) is 27.0. The summed E-state index contributed by atoms with van der Waals surface area (Å²) in [4.78, 5) is 14.9. The Labute approximate surface area is 215 Å². The molecule has 5 heteroatoms. The Hall–Kier alpha value is -2.29. The van der Waals surface area contributed by atoms with Crippen LogP contribution in [0, 0.1) is 6.07 Å². The number of ketones is 1. The number of aromatic nitrogens is 1. The van der Waals surface area contributed by atoms with Crippen molar-refractivity contribution in [2.75, 3.05) is 0 Å². The fourth-order valence-electron chi connectivity index (χ4n) is 3.19. The molecule has 0 fully saturated rings. The van der Waals surface area contributed by atoms with E-state index in [1.807, 2.05) is 18.2 Å². The first-order valence-electron chi connectivity index (χ1n) is 10.5. The van der Waals surface area contributed by atoms with E-state index in [-0.39, 0.29) is 51.6 Å². The van der Waals surface area contributed by atoms with Crippen molar-refractivity contribution in [1.82, 2.24) is 4.98 Å². The van der Waals surface area contributed by atoms with Crippen molar-refractivity contribution in [3.63, 3.8) is 0 Å². The van der Waals surface area contributed by atoms with Crippen LogP contribution in [0.1, 0.15) is 40.2 Å². The number of hydrogen-bond donors (Lipinski definition) is 1. The van der Waals surface area contributed by atoms with Crippen molar-refractivity contribution in [3.05, 3.63) is 90.2 Å². The van der Waals surface area contributed by atoms with E-state index < -0.39 is 0 Å². The molecule has 0 atom stereocenters. The molecular formula is C28H28IrNO2Se-. The van der Waals surface area contributed by atoms with Crippen molar-refractivity contribution in [2.45, 2.75) is 40.0 Å². The van der Waals surface area contributed by atoms with Gasteiger partial charge in [0.05, 0.1) is 5.76 Å². The van der Waals surface area contributed by atoms with Gasteiger partial charge in [0.15, 0.2) is 5.78 Å². The Kier molecular flexibility index (Phi) is 9.57. The molecule has 0 aliphatic rings. The number of aliphatic hydroxyl groups excluding tert-OH is 1. The van der Waals surface area contributed by atoms with Gasteiger partial charge < -0.3 is 5.11 Å². The first-order valence-corrected chi connectivity index (χ1v) is 12.2. The number of aliphatic hydroxyl groups is 1. The molecule has 4 rings (SSSR count). The van der Waals surface area contributed by atoms with Gasteiger partial charge in [-0.1, -0.05) is 0 Å². The molecule has 0 saturated heterocycles. The minimum Gasteiger partial charge on any atom is 0 e. The zero-order valence-electron chi connectivity index (χ0n) is 19.5. The number of benzene rings is 2. The molecule has 0 aliphatic heterocycles. The largest absolute Gasteiger partial charge is 0 e. The number of fused-ring (bicyclic) bond motifs is 1. The van der Waals surface area contributed by atoms with Crippen LogP contribution in [0.2, 0.25) is 0 Å². The summed E-state index contributed by atoms with van der Waals surface area (Å²) < 4.78 is 2.63. The van der Waals surface area contributed by atoms with E-state index in [9.17, 15) is 4.79 Å². The van der Waals surface area contributed by atoms with Gasteiger partial charge in [-0.05, 0) is 13.8 Å². The van der Waals surface area contributed by atoms with E-state index in [0.717, 1.165) is 11.3 Å². The maximum atomic E-state index is 10.0. The van der Waals surface area contributed by atoms with E-state index in [2.05, 4.69) is 75.4 Å². The third-order valence-electron chi connectivity index (χ3n) is 4.82. The summed E-state index contributed by atoms with van der Waals surface area (Å²) in [7, 11) is 0. The minimum atomic E-state index is -0.125. The standard InChI is InChI=1S/C23H20NSe.C5H8O2.Ir/c1-23(2,3)19-12-9-17(10-13-19)21-15-18-11-14-20(24-22(18)25-21)16-7-5-4-6-8-16;1-4(6)3-5(2)7;/h4-7,9-15H,1-3H3;3,6H,1-2H3;/q-1;;/b;4-3-;. The molecule has 0 unspecified atom stereocenters. The summed E-state index contributed by atoms with van der Waals surface area (Å²) in [6, 6.07) is 26.9. The third-order valence-corrected chi connectivity index (χ3v) is 7.11. The van der Waals surface area contributed by atoms with Gasteiger partial charge in [0.2, 0.25) is 0 Å². The number of carbonyl (C=O) groups excluding carboxylic acids is 1. The second kappa shape index (κ2) is 11.7. The maximum absolute atomic E-state index is 10.0. The Morgan fingerprint density at radius 3 is 2.24 bits per heavy atom. The van der Waals surface area contributed by atoms with Crippen molar-refractivity contribution in [2.24, 2.45) is 0 Å². The maximum Gasteiger partial charge on any atom is 0 e. The zero-order chi connectivity index (χ0) is 23.3. The number of rotatable bonds is 3. The van der Waals surface area contributed by atoms with E-state index >= 15 is 0 Å². The molecular weight excluding hydrogens is 653 g/mol. The molecule has 2 aromatic carbocycles. The van der Waals surface area contributed by atoms with Crippen LogP contribution >= 0.6 is 0 Å². The molecule has 4 aromatic rings. The SMILES string of the molecule is CC(=O)/C=C(/C)O.CC(C)(C)c1ccc(-c2cc3ccc(-c4[c-]cccc4)nc3[se]2)cc1.[Ir]. The van der Waals surface area contributed by atoms with Crippen molar-refractivity contribution in [3.8, 4) is 21.3 Å². The molecule has 2 heterocycles. The van der Waals surface area contributed by atoms with Crippen LogP contribution in [0.3, 0.4) is 0 Å². The monoisotopic (exact) mass is 683 g/mol. The van der Waals surface area contributed by atoms with Crippen molar-refractivity contribution in [1.29, 1.82) is 0 Å². The molecule has 3 nitrogen and oxygen atoms in total. The van der Waals surface area contributed by atoms with Crippen LogP contribution in [-0.4, -0.2) is 30.4 Å². The number of nitrogens with zero attached hydrogens (tertiary/aromatic N) is 1. The normalized spacial score (nSPS) is 11.4. The van der Waals surface area contributed by atoms with Crippen LogP contribution in [0.25, 0.3) is 31.0 Å². The molecule has 0 aliphatic carbocycles. The van der Waals surface area contributed by atoms with E-state index in [1.54, 1.807) is 0 Å². The van der Waals surface area contributed by atoms with Crippen LogP contribution in [0.5, 0.6) is 0 Å². The molecule has 173 valence electrons. The fourth-order valence-corrected chi connectivity index (χ4v) is 5.37. The summed E-state index contributed by atoms with van der Waals surface area (Å²) in [6.45, 7) is 9.61. The first-order chi connectivity index (χ1) is 15.1. The second-order valence-electron chi connectivity index (χ2n) is 8.70. The Morgan fingerprint density at radius 1 is 1.03 bits per heavy atom. The minimum absolute atomic E-state index is 0. The number of pyridine rings is 1. The second-order valence-corrected chi connectivity index (χ2v) is 10.9. The van der Waals surface area contributed by atoms with Crippen molar-refractivity contribution < 1.29 is 30.0 Å². The smallest absolute Gasteiger partial charge is 0 e. The van der Waals surface area contributed by atoms with Gasteiger partial charge in [-0.2, -0.15) is 0 Å². The molecule has 0 bridgehead atoms. The third kappa shape index (κ3) is 7.62. The zero-order valence-corrected chi connectivity index (χ0v) is 23.6. The predicted octanol–water partition coefficient (Wildman–Crippen LogP) is 6.76. The Morgan fingerprint density at radius 2 is 1.73 bits per heavy atom. The molecule has 0 amide bonds. The summed E-state index contributed by atoms with van der Waals surface area (Å²) in [6.07, 6.45) is 1.17. The van der Waals surface area contributed by atoms with Crippen LogP contribution < -0.4 is 0 Å². The fraction of sp³-hybridized carbons (Fsp3) is 0.214. The Bertz CT molecular complexity index is 1230. The molecule has 33 heavy (non-hydrogen) atoms. The van der Waals surface area contributed by atoms with Gasteiger partial charge in [-0.25, -0.2) is 0 Å². The van der Waals surface area contributed by atoms with Gasteiger partial charge in [-0.15, -0.1) is 0 Å². The molecule has 2 aromatic heterocycles. The number of carbonyl (C=O) groups is 1. The quantitative estimate of drug-likeness (QED) is 0.113. The van der Waals surface area contributed by atoms with Gasteiger partial charge in [0.25, 0.3) is 0 Å². The number of allylic oxidation sites excluding steroid dienone is 2. The topological polar surface area (TPSA) is 50.2 Å². The van der Waals surface area contributed by atoms with E-state index in [0.29, 0.717) is 0 Å². The van der Waals surface area contributed by atoms with Gasteiger partial charge in [-0.3, -0.25) is 4.79 Å². The predicted molar refractivity (Wildman–Crippen MR) is 134 cm³/mol. The van der Waals surface area contributed by atoms with E-state index in [4.69, 9.17) is 10.1 Å². The summed E-state index contributed by atoms with van der Waals surface area (Å²) in [5, 5.41) is 9.62. The molecule has 1 N–H and O–H groups in total.